The molecule has 0 nitrogen and oxygen atoms in total. The van der Waals surface area contributed by atoms with Gasteiger partial charge >= 0.3 is 0 Å². The van der Waals surface area contributed by atoms with Gasteiger partial charge in [0, 0.05) is 16.2 Å². The molecule has 0 amide bonds. The summed E-state index contributed by atoms with van der Waals surface area (Å²) in [6, 6.07) is 35.8. The van der Waals surface area contributed by atoms with Crippen LogP contribution in [0.5, 0.6) is 0 Å². The van der Waals surface area contributed by atoms with E-state index in [1.54, 1.807) is 72.8 Å². The van der Waals surface area contributed by atoms with E-state index in [-0.39, 0.29) is 34.6 Å². The zero-order valence-corrected chi connectivity index (χ0v) is 49.5. The molecule has 1 atom stereocenters. The standard InChI is InChI=1S/C69H60BF10P2/c1-37-31-40(4)64(41(5)32-37)81(65-42(6)33-38(2)34-43(65)7)30-28-50-51(68(48-21-17-14-18-22-48)82(67(50)47-19-15-13-16-20-47)66-44(8)35-39(3)36-45(66)9)70(52-54(71)58(75)62(79)59(76)55(52)72,53-56(73)60(77)63(80)61(78)57(53)74)29-27-46-23-25-49(26-24-46)69(10,11)12/h13-26,31-36H,28,30H2,1-12H3/q-1. The van der Waals surface area contributed by atoms with E-state index in [4.69, 9.17) is 0 Å². The van der Waals surface area contributed by atoms with Gasteiger partial charge in [0.2, 0.25) is 0 Å². The largest absolute Gasteiger partial charge is 0.291 e. The van der Waals surface area contributed by atoms with Crippen molar-refractivity contribution < 1.29 is 43.9 Å². The summed E-state index contributed by atoms with van der Waals surface area (Å²) in [5.74, 6) is -19.9. The Labute approximate surface area is 476 Å². The molecule has 1 unspecified atom stereocenters. The molecule has 8 aromatic carbocycles. The van der Waals surface area contributed by atoms with Gasteiger partial charge in [-0.1, -0.05) is 160 Å². The predicted octanol–water partition coefficient (Wildman–Crippen LogP) is 17.2. The maximum Gasteiger partial charge on any atom is 0.200 e. The van der Waals surface area contributed by atoms with Gasteiger partial charge in [0.1, 0.15) is 23.3 Å². The first kappa shape index (κ1) is 59.5. The summed E-state index contributed by atoms with van der Waals surface area (Å²) in [5, 5.41) is 3.27. The zero-order valence-electron chi connectivity index (χ0n) is 47.7. The van der Waals surface area contributed by atoms with Crippen LogP contribution in [0.15, 0.2) is 121 Å². The molecule has 9 aromatic rings. The van der Waals surface area contributed by atoms with Gasteiger partial charge in [0.05, 0.1) is 0 Å². The van der Waals surface area contributed by atoms with Crippen LogP contribution in [-0.2, 0) is 11.8 Å². The third kappa shape index (κ3) is 10.4. The van der Waals surface area contributed by atoms with Crippen molar-refractivity contribution in [3.8, 4) is 38.8 Å². The van der Waals surface area contributed by atoms with Gasteiger partial charge in [-0.05, 0) is 166 Å². The summed E-state index contributed by atoms with van der Waals surface area (Å²) in [6.45, 7) is 23.5. The third-order valence-electron chi connectivity index (χ3n) is 15.6. The van der Waals surface area contributed by atoms with Gasteiger partial charge in [-0.25, -0.2) is 43.9 Å². The normalized spacial score (nSPS) is 12.1. The highest BCUT2D eigenvalue weighted by atomic mass is 31.1. The average molecular weight is 1150 g/mol. The molecule has 420 valence electrons. The Morgan fingerprint density at radius 2 is 0.780 bits per heavy atom. The van der Waals surface area contributed by atoms with Crippen molar-refractivity contribution in [3.05, 3.63) is 246 Å². The van der Waals surface area contributed by atoms with E-state index in [2.05, 4.69) is 36.0 Å². The minimum Gasteiger partial charge on any atom is -0.291 e. The summed E-state index contributed by atoms with van der Waals surface area (Å²) < 4.78 is 170. The molecule has 0 bridgehead atoms. The van der Waals surface area contributed by atoms with Crippen molar-refractivity contribution in [1.82, 2.24) is 0 Å². The van der Waals surface area contributed by atoms with Crippen molar-refractivity contribution in [2.75, 3.05) is 6.16 Å². The quantitative estimate of drug-likeness (QED) is 0.0302. The topological polar surface area (TPSA) is 0 Å². The molecule has 0 aliphatic heterocycles. The Hall–Kier alpha value is -7.11. The first-order valence-electron chi connectivity index (χ1n) is 26.9. The smallest absolute Gasteiger partial charge is 0.200 e. The first-order chi connectivity index (χ1) is 38.7. The first-order valence-corrected chi connectivity index (χ1v) is 29.8. The van der Waals surface area contributed by atoms with E-state index < -0.39 is 102 Å². The molecule has 0 aliphatic rings. The second-order valence-corrected chi connectivity index (χ2v) is 26.9. The molecule has 13 heteroatoms. The Bertz CT molecular complexity index is 3820. The average Bonchev–Trinajstić information content (AvgIpc) is 1.75. The second kappa shape index (κ2) is 22.9. The van der Waals surface area contributed by atoms with Gasteiger partial charge in [-0.3, -0.25) is 5.82 Å². The van der Waals surface area contributed by atoms with E-state index in [0.717, 1.165) is 66.2 Å². The molecule has 0 saturated heterocycles. The van der Waals surface area contributed by atoms with Gasteiger partial charge in [0.15, 0.2) is 41.0 Å². The Kier molecular flexibility index (Phi) is 16.6. The highest BCUT2D eigenvalue weighted by molar-refractivity contribution is 7.73. The summed E-state index contributed by atoms with van der Waals surface area (Å²) >= 11 is 0. The lowest BCUT2D eigenvalue weighted by molar-refractivity contribution is 0.382. The number of halogens is 10. The summed E-state index contributed by atoms with van der Waals surface area (Å²) in [5.41, 5.74) is 5.37. The van der Waals surface area contributed by atoms with Crippen molar-refractivity contribution in [2.45, 2.75) is 94.9 Å². The molecule has 0 radical (unpaired) electrons. The molecule has 82 heavy (non-hydrogen) atoms. The van der Waals surface area contributed by atoms with Crippen molar-refractivity contribution >= 4 is 48.6 Å². The van der Waals surface area contributed by atoms with E-state index in [1.807, 2.05) is 95.2 Å². The van der Waals surface area contributed by atoms with Gasteiger partial charge in [0.25, 0.3) is 0 Å². The van der Waals surface area contributed by atoms with Crippen LogP contribution in [-0.4, -0.2) is 12.3 Å². The van der Waals surface area contributed by atoms with E-state index >= 15 is 43.9 Å². The Morgan fingerprint density at radius 3 is 1.16 bits per heavy atom. The van der Waals surface area contributed by atoms with Crippen molar-refractivity contribution in [1.29, 1.82) is 0 Å². The minimum atomic E-state index is -5.00. The summed E-state index contributed by atoms with van der Waals surface area (Å²) in [6.07, 6.45) is -4.94. The van der Waals surface area contributed by atoms with Crippen LogP contribution in [0.3, 0.4) is 0 Å². The Morgan fingerprint density at radius 1 is 0.427 bits per heavy atom. The minimum absolute atomic E-state index is 0.0346. The molecule has 1 aromatic heterocycles. The third-order valence-corrected chi connectivity index (χ3v) is 21.9. The SMILES string of the molecule is Cc1cc(C)c(P(CCc2c([B-](C#Cc3ccc(C(C)(C)C)cc3)(c3c(F)c(F)c(F)c(F)c3F)c3c(F)c(F)c(F)c(F)c3F)c(-c3ccccc3)p(-c3c(C)cc(C)cc3C)c2-c2ccccc2)c2c(C)cc(C)cc2C)c(C)c1. The highest BCUT2D eigenvalue weighted by Crippen LogP contribution is 2.61. The van der Waals surface area contributed by atoms with Crippen LogP contribution in [0.1, 0.15) is 87.5 Å². The van der Waals surface area contributed by atoms with Crippen LogP contribution in [0.4, 0.5) is 43.9 Å². The lowest BCUT2D eigenvalue weighted by Gasteiger charge is -2.41. The predicted molar refractivity (Wildman–Crippen MR) is 321 cm³/mol. The van der Waals surface area contributed by atoms with E-state index in [9.17, 15) is 0 Å². The molecule has 9 rings (SSSR count). The highest BCUT2D eigenvalue weighted by Gasteiger charge is 2.47. The number of aryl methyl sites for hydroxylation is 9. The van der Waals surface area contributed by atoms with Crippen molar-refractivity contribution in [3.63, 3.8) is 0 Å². The Balaban J connectivity index is 1.63. The fourth-order valence-electron chi connectivity index (χ4n) is 12.5. The van der Waals surface area contributed by atoms with Gasteiger partial charge in [-0.2, -0.15) is 5.46 Å². The monoisotopic (exact) mass is 1150 g/mol. The van der Waals surface area contributed by atoms with Crippen LogP contribution in [0, 0.1) is 132 Å². The van der Waals surface area contributed by atoms with E-state index in [1.165, 1.54) is 12.1 Å². The molecule has 0 spiro atoms. The van der Waals surface area contributed by atoms with Crippen LogP contribution < -0.4 is 27.0 Å². The number of benzene rings is 8. The number of hydrogen-bond donors (Lipinski definition) is 0. The lowest BCUT2D eigenvalue weighted by atomic mass is 9.15. The molecule has 0 aliphatic carbocycles. The van der Waals surface area contributed by atoms with Gasteiger partial charge in [-0.15, -0.1) is 16.8 Å². The fourth-order valence-corrected chi connectivity index (χ4v) is 19.0. The zero-order chi connectivity index (χ0) is 59.6. The molecule has 0 saturated carbocycles. The number of hydrogen-bond acceptors (Lipinski definition) is 0. The lowest BCUT2D eigenvalue weighted by Crippen LogP contribution is -2.71. The van der Waals surface area contributed by atoms with Crippen LogP contribution >= 0.6 is 15.5 Å². The maximum atomic E-state index is 18.0. The van der Waals surface area contributed by atoms with Crippen LogP contribution in [0.2, 0.25) is 0 Å². The number of rotatable bonds is 11. The molecular weight excluding hydrogens is 1090 g/mol. The summed E-state index contributed by atoms with van der Waals surface area (Å²) in [4.78, 5) is 0. The summed E-state index contributed by atoms with van der Waals surface area (Å²) in [7, 11) is -3.74. The molecular formula is C69H60BF10P2-. The van der Waals surface area contributed by atoms with Gasteiger partial charge < -0.3 is 0 Å². The van der Waals surface area contributed by atoms with E-state index in [0.29, 0.717) is 16.2 Å². The van der Waals surface area contributed by atoms with Crippen LogP contribution in [0.25, 0.3) is 27.0 Å². The fraction of sp³-hybridized carbons (Fsp3) is 0.217. The second-order valence-electron chi connectivity index (χ2n) is 22.7. The molecule has 0 N–H and O–H groups in total. The molecule has 0 fully saturated rings. The van der Waals surface area contributed by atoms with Crippen molar-refractivity contribution in [2.24, 2.45) is 0 Å². The maximum absolute atomic E-state index is 18.0. The molecule has 1 heterocycles.